The molecule has 16 heavy (non-hydrogen) atoms. The lowest BCUT2D eigenvalue weighted by molar-refractivity contribution is 0.202. The first-order valence-corrected chi connectivity index (χ1v) is 7.18. The summed E-state index contributed by atoms with van der Waals surface area (Å²) >= 11 is 0. The predicted octanol–water partition coefficient (Wildman–Crippen LogP) is 2.49. The van der Waals surface area contributed by atoms with Gasteiger partial charge in [-0.1, -0.05) is 27.2 Å². The molecule has 2 unspecified atom stereocenters. The van der Waals surface area contributed by atoms with Crippen LogP contribution in [0.25, 0.3) is 0 Å². The highest BCUT2D eigenvalue weighted by Gasteiger charge is 2.35. The van der Waals surface area contributed by atoms with E-state index in [0.29, 0.717) is 0 Å². The highest BCUT2D eigenvalue weighted by atomic mass is 15.2. The van der Waals surface area contributed by atoms with Gasteiger partial charge in [-0.25, -0.2) is 0 Å². The zero-order valence-corrected chi connectivity index (χ0v) is 11.2. The third-order valence-corrected chi connectivity index (χ3v) is 4.40. The second kappa shape index (κ2) is 5.50. The van der Waals surface area contributed by atoms with Crippen molar-refractivity contribution in [2.45, 2.75) is 58.5 Å². The molecule has 2 aliphatic heterocycles. The lowest BCUT2D eigenvalue weighted by atomic mass is 9.98. The highest BCUT2D eigenvalue weighted by Crippen LogP contribution is 2.27. The molecule has 0 aromatic carbocycles. The van der Waals surface area contributed by atoms with Gasteiger partial charge in [0.2, 0.25) is 0 Å². The van der Waals surface area contributed by atoms with Crippen LogP contribution in [-0.4, -0.2) is 36.6 Å². The van der Waals surface area contributed by atoms with Crippen LogP contribution in [0.4, 0.5) is 0 Å². The Morgan fingerprint density at radius 2 is 2.12 bits per heavy atom. The maximum atomic E-state index is 3.71. The molecule has 0 saturated carbocycles. The van der Waals surface area contributed by atoms with Crippen molar-refractivity contribution in [2.24, 2.45) is 11.8 Å². The molecule has 2 aliphatic rings. The maximum Gasteiger partial charge on any atom is 0.0261 e. The minimum atomic E-state index is 0.760. The number of rotatable bonds is 4. The van der Waals surface area contributed by atoms with Crippen molar-refractivity contribution in [3.05, 3.63) is 0 Å². The first kappa shape index (κ1) is 12.4. The van der Waals surface area contributed by atoms with Crippen molar-refractivity contribution in [3.8, 4) is 0 Å². The molecule has 1 N–H and O–H groups in total. The lowest BCUT2D eigenvalue weighted by Crippen LogP contribution is -2.43. The molecule has 0 aliphatic carbocycles. The Balaban J connectivity index is 1.88. The first-order valence-electron chi connectivity index (χ1n) is 7.18. The van der Waals surface area contributed by atoms with Crippen LogP contribution in [0.2, 0.25) is 0 Å². The fraction of sp³-hybridized carbons (Fsp3) is 1.00. The van der Waals surface area contributed by atoms with Gasteiger partial charge in [0.05, 0.1) is 0 Å². The molecule has 0 aromatic heterocycles. The quantitative estimate of drug-likeness (QED) is 0.789. The van der Waals surface area contributed by atoms with Crippen LogP contribution in [0.5, 0.6) is 0 Å². The zero-order valence-electron chi connectivity index (χ0n) is 11.2. The van der Waals surface area contributed by atoms with Gasteiger partial charge < -0.3 is 5.32 Å². The van der Waals surface area contributed by atoms with Gasteiger partial charge in [0.15, 0.2) is 0 Å². The van der Waals surface area contributed by atoms with Crippen LogP contribution in [0, 0.1) is 11.8 Å². The molecule has 2 nitrogen and oxygen atoms in total. The van der Waals surface area contributed by atoms with E-state index >= 15 is 0 Å². The second-order valence-corrected chi connectivity index (χ2v) is 6.10. The van der Waals surface area contributed by atoms with Crippen molar-refractivity contribution in [1.29, 1.82) is 0 Å². The monoisotopic (exact) mass is 224 g/mol. The molecule has 0 bridgehead atoms. The van der Waals surface area contributed by atoms with Gasteiger partial charge in [-0.05, 0) is 44.2 Å². The average Bonchev–Trinajstić information content (AvgIpc) is 2.84. The van der Waals surface area contributed by atoms with Gasteiger partial charge in [-0.2, -0.15) is 0 Å². The Morgan fingerprint density at radius 3 is 2.75 bits per heavy atom. The van der Waals surface area contributed by atoms with Crippen LogP contribution in [0.3, 0.4) is 0 Å². The van der Waals surface area contributed by atoms with Crippen LogP contribution in [-0.2, 0) is 0 Å². The summed E-state index contributed by atoms with van der Waals surface area (Å²) < 4.78 is 0. The van der Waals surface area contributed by atoms with Gasteiger partial charge in [0, 0.05) is 18.6 Å². The van der Waals surface area contributed by atoms with E-state index in [9.17, 15) is 0 Å². The smallest absolute Gasteiger partial charge is 0.0261 e. The summed E-state index contributed by atoms with van der Waals surface area (Å²) in [6, 6.07) is 1.59. The van der Waals surface area contributed by atoms with Gasteiger partial charge in [0.25, 0.3) is 0 Å². The predicted molar refractivity (Wildman–Crippen MR) is 69.6 cm³/mol. The van der Waals surface area contributed by atoms with E-state index in [4.69, 9.17) is 0 Å². The summed E-state index contributed by atoms with van der Waals surface area (Å²) in [7, 11) is 0. The van der Waals surface area contributed by atoms with E-state index in [1.165, 1.54) is 45.3 Å². The molecule has 0 aromatic rings. The van der Waals surface area contributed by atoms with Gasteiger partial charge >= 0.3 is 0 Å². The molecule has 2 rings (SSSR count). The van der Waals surface area contributed by atoms with Crippen LogP contribution >= 0.6 is 0 Å². The molecule has 0 amide bonds. The molecule has 2 fully saturated rings. The third kappa shape index (κ3) is 2.78. The fourth-order valence-corrected chi connectivity index (χ4v) is 3.44. The van der Waals surface area contributed by atoms with E-state index in [0.717, 1.165) is 23.9 Å². The van der Waals surface area contributed by atoms with Crippen LogP contribution < -0.4 is 5.32 Å². The van der Waals surface area contributed by atoms with Crippen molar-refractivity contribution in [3.63, 3.8) is 0 Å². The van der Waals surface area contributed by atoms with Crippen molar-refractivity contribution in [2.75, 3.05) is 19.6 Å². The Morgan fingerprint density at radius 1 is 1.31 bits per heavy atom. The third-order valence-electron chi connectivity index (χ3n) is 4.40. The molecular formula is C14H28N2. The average molecular weight is 224 g/mol. The Kier molecular flexibility index (Phi) is 4.26. The minimum Gasteiger partial charge on any atom is -0.312 e. The van der Waals surface area contributed by atoms with Crippen molar-refractivity contribution in [1.82, 2.24) is 10.2 Å². The van der Waals surface area contributed by atoms with Crippen molar-refractivity contribution < 1.29 is 0 Å². The van der Waals surface area contributed by atoms with E-state index < -0.39 is 0 Å². The van der Waals surface area contributed by atoms with Crippen LogP contribution in [0.15, 0.2) is 0 Å². The summed E-state index contributed by atoms with van der Waals surface area (Å²) in [5.41, 5.74) is 0. The number of nitrogens with zero attached hydrogens (tertiary/aromatic N) is 1. The summed E-state index contributed by atoms with van der Waals surface area (Å²) in [4.78, 5) is 2.77. The standard InChI is InChI=1S/C14H28N2/c1-4-12-6-8-16(10-12)14-5-7-15-13(14)9-11(2)3/h11-15H,4-10H2,1-3H3/t12-,13?,14?/m1/s1. The SMILES string of the molecule is CC[C@@H]1CCN(C2CCNC2CC(C)C)C1. The molecule has 0 radical (unpaired) electrons. The second-order valence-electron chi connectivity index (χ2n) is 6.10. The maximum absolute atomic E-state index is 3.71. The van der Waals surface area contributed by atoms with Crippen molar-refractivity contribution >= 4 is 0 Å². The minimum absolute atomic E-state index is 0.760. The Hall–Kier alpha value is -0.0800. The summed E-state index contributed by atoms with van der Waals surface area (Å²) in [6.07, 6.45) is 5.51. The molecule has 0 spiro atoms. The molecule has 2 heterocycles. The van der Waals surface area contributed by atoms with E-state index in [1.807, 2.05) is 0 Å². The Bertz CT molecular complexity index is 215. The van der Waals surface area contributed by atoms with Gasteiger partial charge in [0.1, 0.15) is 0 Å². The largest absolute Gasteiger partial charge is 0.312 e. The Labute approximate surface area is 101 Å². The van der Waals surface area contributed by atoms with E-state index in [1.54, 1.807) is 0 Å². The number of likely N-dealkylation sites (tertiary alicyclic amines) is 1. The van der Waals surface area contributed by atoms with Gasteiger partial charge in [-0.3, -0.25) is 4.90 Å². The topological polar surface area (TPSA) is 15.3 Å². The highest BCUT2D eigenvalue weighted by molar-refractivity contribution is 4.94. The van der Waals surface area contributed by atoms with E-state index in [-0.39, 0.29) is 0 Å². The normalized spacial score (nSPS) is 36.4. The first-order chi connectivity index (χ1) is 7.70. The number of nitrogens with one attached hydrogen (secondary N) is 1. The molecule has 2 heteroatoms. The molecule has 94 valence electrons. The summed E-state index contributed by atoms with van der Waals surface area (Å²) in [5.74, 6) is 1.79. The van der Waals surface area contributed by atoms with Gasteiger partial charge in [-0.15, -0.1) is 0 Å². The van der Waals surface area contributed by atoms with E-state index in [2.05, 4.69) is 31.0 Å². The summed E-state index contributed by atoms with van der Waals surface area (Å²) in [5, 5.41) is 3.71. The fourth-order valence-electron chi connectivity index (χ4n) is 3.44. The number of hydrogen-bond acceptors (Lipinski definition) is 2. The summed E-state index contributed by atoms with van der Waals surface area (Å²) in [6.45, 7) is 11.0. The molecule has 3 atom stereocenters. The molecule has 2 saturated heterocycles. The van der Waals surface area contributed by atoms with Crippen LogP contribution in [0.1, 0.15) is 46.5 Å². The number of hydrogen-bond donors (Lipinski definition) is 1. The lowest BCUT2D eigenvalue weighted by Gasteiger charge is -2.30. The zero-order chi connectivity index (χ0) is 11.5. The molecular weight excluding hydrogens is 196 g/mol.